The van der Waals surface area contributed by atoms with Gasteiger partial charge in [0.25, 0.3) is 10.0 Å². The molecule has 2 amide bonds. The SMILES string of the molecule is CCCCNC(=O)[C@H](Cc1ccccc1)N(Cc1ccccc1C)C(=O)CN(c1ccc(F)cc1)S(=O)(=O)c1ccc(C)cc1. The molecule has 0 aliphatic heterocycles. The van der Waals surface area contributed by atoms with Crippen molar-refractivity contribution in [1.82, 2.24) is 10.2 Å². The van der Waals surface area contributed by atoms with E-state index in [0.29, 0.717) is 6.54 Å². The summed E-state index contributed by atoms with van der Waals surface area (Å²) in [6.07, 6.45) is 1.90. The zero-order valence-corrected chi connectivity index (χ0v) is 26.8. The Hall–Kier alpha value is -4.50. The average Bonchev–Trinajstić information content (AvgIpc) is 3.03. The van der Waals surface area contributed by atoms with Gasteiger partial charge < -0.3 is 10.2 Å². The van der Waals surface area contributed by atoms with Crippen molar-refractivity contribution in [2.75, 3.05) is 17.4 Å². The number of nitrogens with one attached hydrogen (secondary N) is 1. The van der Waals surface area contributed by atoms with E-state index in [1.807, 2.05) is 75.4 Å². The van der Waals surface area contributed by atoms with E-state index in [0.717, 1.165) is 51.5 Å². The van der Waals surface area contributed by atoms with Crippen molar-refractivity contribution in [3.63, 3.8) is 0 Å². The van der Waals surface area contributed by atoms with Crippen molar-refractivity contribution >= 4 is 27.5 Å². The lowest BCUT2D eigenvalue weighted by Gasteiger charge is -2.34. The summed E-state index contributed by atoms with van der Waals surface area (Å²) < 4.78 is 43.0. The molecule has 4 aromatic rings. The zero-order chi connectivity index (χ0) is 32.4. The third-order valence-electron chi connectivity index (χ3n) is 7.71. The first kappa shape index (κ1) is 33.4. The number of amides is 2. The number of sulfonamides is 1. The first-order valence-electron chi connectivity index (χ1n) is 15.1. The molecule has 7 nitrogen and oxygen atoms in total. The number of rotatable bonds is 14. The van der Waals surface area contributed by atoms with Crippen molar-refractivity contribution in [1.29, 1.82) is 0 Å². The summed E-state index contributed by atoms with van der Waals surface area (Å²) in [7, 11) is -4.25. The van der Waals surface area contributed by atoms with Gasteiger partial charge in [0.1, 0.15) is 18.4 Å². The lowest BCUT2D eigenvalue weighted by molar-refractivity contribution is -0.140. The predicted molar refractivity (Wildman–Crippen MR) is 176 cm³/mol. The van der Waals surface area contributed by atoms with Crippen molar-refractivity contribution < 1.29 is 22.4 Å². The van der Waals surface area contributed by atoms with Crippen molar-refractivity contribution in [3.05, 3.63) is 131 Å². The van der Waals surface area contributed by atoms with E-state index < -0.39 is 34.3 Å². The van der Waals surface area contributed by atoms with Crippen LogP contribution in [-0.2, 0) is 32.6 Å². The normalized spacial score (nSPS) is 11.9. The number of halogens is 1. The quantitative estimate of drug-likeness (QED) is 0.169. The van der Waals surface area contributed by atoms with Gasteiger partial charge >= 0.3 is 0 Å². The predicted octanol–water partition coefficient (Wildman–Crippen LogP) is 6.19. The maximum absolute atomic E-state index is 14.5. The molecule has 4 rings (SSSR count). The number of nitrogens with zero attached hydrogens (tertiary/aromatic N) is 2. The Bertz CT molecular complexity index is 1680. The third kappa shape index (κ3) is 8.79. The molecule has 0 unspecified atom stereocenters. The summed E-state index contributed by atoms with van der Waals surface area (Å²) in [5.41, 5.74) is 3.63. The van der Waals surface area contributed by atoms with Crippen LogP contribution < -0.4 is 9.62 Å². The second-order valence-corrected chi connectivity index (χ2v) is 13.0. The molecular weight excluding hydrogens is 589 g/mol. The van der Waals surface area contributed by atoms with Crippen LogP contribution in [-0.4, -0.2) is 44.3 Å². The fourth-order valence-electron chi connectivity index (χ4n) is 5.00. The molecule has 0 saturated carbocycles. The van der Waals surface area contributed by atoms with Gasteiger partial charge in [0, 0.05) is 19.5 Å². The van der Waals surface area contributed by atoms with Crippen molar-refractivity contribution in [3.8, 4) is 0 Å². The van der Waals surface area contributed by atoms with Gasteiger partial charge in [0.15, 0.2) is 0 Å². The lowest BCUT2D eigenvalue weighted by atomic mass is 10.0. The van der Waals surface area contributed by atoms with E-state index >= 15 is 0 Å². The molecule has 0 bridgehead atoms. The van der Waals surface area contributed by atoms with Gasteiger partial charge in [-0.25, -0.2) is 12.8 Å². The fourth-order valence-corrected chi connectivity index (χ4v) is 6.42. The highest BCUT2D eigenvalue weighted by molar-refractivity contribution is 7.92. The number of hydrogen-bond donors (Lipinski definition) is 1. The maximum Gasteiger partial charge on any atom is 0.264 e. The fraction of sp³-hybridized carbons (Fsp3) is 0.278. The minimum atomic E-state index is -4.25. The Morgan fingerprint density at radius 3 is 2.13 bits per heavy atom. The Labute approximate surface area is 265 Å². The molecule has 9 heteroatoms. The second-order valence-electron chi connectivity index (χ2n) is 11.1. The van der Waals surface area contributed by atoms with Crippen LogP contribution >= 0.6 is 0 Å². The van der Waals surface area contributed by atoms with E-state index in [1.165, 1.54) is 29.2 Å². The molecule has 1 atom stereocenters. The number of unbranched alkanes of at least 4 members (excludes halogenated alkanes) is 1. The third-order valence-corrected chi connectivity index (χ3v) is 9.49. The number of hydrogen-bond acceptors (Lipinski definition) is 4. The highest BCUT2D eigenvalue weighted by Gasteiger charge is 2.34. The van der Waals surface area contributed by atoms with Crippen LogP contribution in [0.4, 0.5) is 10.1 Å². The maximum atomic E-state index is 14.5. The summed E-state index contributed by atoms with van der Waals surface area (Å²) in [5.74, 6) is -1.42. The molecule has 1 N–H and O–H groups in total. The molecule has 45 heavy (non-hydrogen) atoms. The smallest absolute Gasteiger partial charge is 0.264 e. The Morgan fingerprint density at radius 1 is 0.844 bits per heavy atom. The molecule has 0 radical (unpaired) electrons. The Kier molecular flexibility index (Phi) is 11.5. The molecule has 4 aromatic carbocycles. The van der Waals surface area contributed by atoms with E-state index in [4.69, 9.17) is 0 Å². The van der Waals surface area contributed by atoms with E-state index in [2.05, 4.69) is 5.32 Å². The van der Waals surface area contributed by atoms with Gasteiger partial charge in [-0.05, 0) is 73.4 Å². The number of carbonyl (C=O) groups is 2. The average molecular weight is 630 g/mol. The summed E-state index contributed by atoms with van der Waals surface area (Å²) in [6, 6.07) is 27.4. The molecule has 0 aliphatic rings. The number of anilines is 1. The summed E-state index contributed by atoms with van der Waals surface area (Å²) in [4.78, 5) is 29.7. The highest BCUT2D eigenvalue weighted by atomic mass is 32.2. The summed E-state index contributed by atoms with van der Waals surface area (Å²) in [5, 5.41) is 2.99. The molecule has 236 valence electrons. The number of benzene rings is 4. The summed E-state index contributed by atoms with van der Waals surface area (Å²) >= 11 is 0. The van der Waals surface area contributed by atoms with Crippen LogP contribution in [0.1, 0.15) is 42.0 Å². The highest BCUT2D eigenvalue weighted by Crippen LogP contribution is 2.26. The van der Waals surface area contributed by atoms with E-state index in [1.54, 1.807) is 12.1 Å². The molecule has 0 aliphatic carbocycles. The monoisotopic (exact) mass is 629 g/mol. The number of aryl methyl sites for hydroxylation is 2. The molecule has 0 heterocycles. The van der Waals surface area contributed by atoms with Crippen LogP contribution in [0.15, 0.2) is 108 Å². The van der Waals surface area contributed by atoms with Crippen LogP contribution in [0.2, 0.25) is 0 Å². The lowest BCUT2D eigenvalue weighted by Crippen LogP contribution is -2.53. The molecule has 0 aromatic heterocycles. The topological polar surface area (TPSA) is 86.8 Å². The first-order chi connectivity index (χ1) is 21.6. The largest absolute Gasteiger partial charge is 0.354 e. The van der Waals surface area contributed by atoms with E-state index in [-0.39, 0.29) is 29.5 Å². The number of carbonyl (C=O) groups excluding carboxylic acids is 2. The van der Waals surface area contributed by atoms with Crippen molar-refractivity contribution in [2.45, 2.75) is 57.5 Å². The Morgan fingerprint density at radius 2 is 1.49 bits per heavy atom. The van der Waals surface area contributed by atoms with Gasteiger partial charge in [-0.3, -0.25) is 13.9 Å². The van der Waals surface area contributed by atoms with Gasteiger partial charge in [-0.15, -0.1) is 0 Å². The zero-order valence-electron chi connectivity index (χ0n) is 25.9. The van der Waals surface area contributed by atoms with Crippen molar-refractivity contribution in [2.24, 2.45) is 0 Å². The molecule has 0 fully saturated rings. The molecule has 0 saturated heterocycles. The van der Waals surface area contributed by atoms with Crippen LogP contribution in [0, 0.1) is 19.7 Å². The first-order valence-corrected chi connectivity index (χ1v) is 16.5. The van der Waals surface area contributed by atoms with Gasteiger partial charge in [0.05, 0.1) is 10.6 Å². The van der Waals surface area contributed by atoms with Crippen LogP contribution in [0.3, 0.4) is 0 Å². The minimum Gasteiger partial charge on any atom is -0.354 e. The minimum absolute atomic E-state index is 0.00572. The van der Waals surface area contributed by atoms with E-state index in [9.17, 15) is 22.4 Å². The second kappa shape index (κ2) is 15.5. The Balaban J connectivity index is 1.79. The standard InChI is InChI=1S/C36H40FN3O4S/c1-4-5-23-38-36(42)34(24-29-12-7-6-8-13-29)39(25-30-14-10-9-11-28(30)3)35(41)26-40(32-19-17-31(37)18-20-32)45(43,44)33-21-15-27(2)16-22-33/h6-22,34H,4-5,23-26H2,1-3H3,(H,38,42)/t34-/m0/s1. The van der Waals surface area contributed by atoms with Gasteiger partial charge in [0.2, 0.25) is 11.8 Å². The van der Waals surface area contributed by atoms with Crippen LogP contribution in [0.25, 0.3) is 0 Å². The summed E-state index contributed by atoms with van der Waals surface area (Å²) in [6.45, 7) is 5.75. The van der Waals surface area contributed by atoms with Gasteiger partial charge in [-0.1, -0.05) is 85.6 Å². The van der Waals surface area contributed by atoms with Gasteiger partial charge in [-0.2, -0.15) is 0 Å². The molecular formula is C36H40FN3O4S. The molecule has 0 spiro atoms. The van der Waals surface area contributed by atoms with Crippen LogP contribution in [0.5, 0.6) is 0 Å².